The van der Waals surface area contributed by atoms with Crippen LogP contribution in [-0.2, 0) is 5.60 Å². The SMILES string of the molecule is O=C(c1cccc(=O)[nH]1)N1CC[C@](O)(c2ccccc2)[C@H](N2CCCC2)C1. The van der Waals surface area contributed by atoms with Crippen LogP contribution in [0.5, 0.6) is 0 Å². The van der Waals surface area contributed by atoms with E-state index in [9.17, 15) is 14.7 Å². The predicted octanol–water partition coefficient (Wildman–Crippen LogP) is 1.57. The number of carbonyl (C=O) groups is 1. The molecule has 0 radical (unpaired) electrons. The molecule has 0 spiro atoms. The zero-order chi connectivity index (χ0) is 18.9. The summed E-state index contributed by atoms with van der Waals surface area (Å²) < 4.78 is 0. The van der Waals surface area contributed by atoms with E-state index < -0.39 is 5.60 Å². The Morgan fingerprint density at radius 2 is 1.78 bits per heavy atom. The first-order valence-electron chi connectivity index (χ1n) is 9.58. The molecule has 0 saturated carbocycles. The highest BCUT2D eigenvalue weighted by Crippen LogP contribution is 2.37. The molecule has 3 heterocycles. The fourth-order valence-electron chi connectivity index (χ4n) is 4.38. The van der Waals surface area contributed by atoms with Crippen molar-refractivity contribution in [3.05, 3.63) is 70.1 Å². The van der Waals surface area contributed by atoms with E-state index in [1.165, 1.54) is 6.07 Å². The first-order valence-corrected chi connectivity index (χ1v) is 9.58. The summed E-state index contributed by atoms with van der Waals surface area (Å²) in [5, 5.41) is 11.6. The lowest BCUT2D eigenvalue weighted by Gasteiger charge is -2.48. The monoisotopic (exact) mass is 367 g/mol. The summed E-state index contributed by atoms with van der Waals surface area (Å²) >= 11 is 0. The summed E-state index contributed by atoms with van der Waals surface area (Å²) in [5.41, 5.74) is -0.0587. The summed E-state index contributed by atoms with van der Waals surface area (Å²) in [6, 6.07) is 14.2. The maximum atomic E-state index is 12.9. The normalized spacial score (nSPS) is 26.3. The number of carbonyl (C=O) groups excluding carboxylic acids is 1. The van der Waals surface area contributed by atoms with Gasteiger partial charge in [-0.15, -0.1) is 0 Å². The highest BCUT2D eigenvalue weighted by atomic mass is 16.3. The van der Waals surface area contributed by atoms with Gasteiger partial charge < -0.3 is 15.0 Å². The number of nitrogens with zero attached hydrogens (tertiary/aromatic N) is 2. The van der Waals surface area contributed by atoms with Gasteiger partial charge in [-0.1, -0.05) is 36.4 Å². The van der Waals surface area contributed by atoms with Crippen molar-refractivity contribution in [1.29, 1.82) is 0 Å². The zero-order valence-electron chi connectivity index (χ0n) is 15.3. The number of amides is 1. The van der Waals surface area contributed by atoms with Crippen LogP contribution < -0.4 is 5.56 Å². The molecule has 2 atom stereocenters. The minimum absolute atomic E-state index is 0.157. The molecule has 2 saturated heterocycles. The van der Waals surface area contributed by atoms with Crippen LogP contribution in [0.25, 0.3) is 0 Å². The van der Waals surface area contributed by atoms with E-state index in [1.54, 1.807) is 17.0 Å². The van der Waals surface area contributed by atoms with Crippen molar-refractivity contribution in [3.63, 3.8) is 0 Å². The fourth-order valence-corrected chi connectivity index (χ4v) is 4.38. The Morgan fingerprint density at radius 1 is 1.04 bits per heavy atom. The molecule has 1 amide bonds. The minimum Gasteiger partial charge on any atom is -0.383 e. The number of H-pyrrole nitrogens is 1. The predicted molar refractivity (Wildman–Crippen MR) is 103 cm³/mol. The Balaban J connectivity index is 1.63. The summed E-state index contributed by atoms with van der Waals surface area (Å²) in [6.45, 7) is 2.76. The summed E-state index contributed by atoms with van der Waals surface area (Å²) in [7, 11) is 0. The van der Waals surface area contributed by atoms with Crippen LogP contribution in [0.3, 0.4) is 0 Å². The molecule has 6 heteroatoms. The molecule has 2 N–H and O–H groups in total. The molecular formula is C21H25N3O3. The second kappa shape index (κ2) is 7.29. The van der Waals surface area contributed by atoms with Gasteiger partial charge in [0.15, 0.2) is 0 Å². The molecular weight excluding hydrogens is 342 g/mol. The largest absolute Gasteiger partial charge is 0.383 e. The lowest BCUT2D eigenvalue weighted by molar-refractivity contribution is -0.0878. The molecule has 0 aliphatic carbocycles. The highest BCUT2D eigenvalue weighted by molar-refractivity contribution is 5.92. The van der Waals surface area contributed by atoms with Gasteiger partial charge in [0.1, 0.15) is 11.3 Å². The van der Waals surface area contributed by atoms with Crippen LogP contribution in [0.4, 0.5) is 0 Å². The standard InChI is InChI=1S/C21H25N3O3/c25-19-10-6-9-17(22-19)20(26)24-14-11-21(27,16-7-2-1-3-8-16)18(15-24)23-12-4-5-13-23/h1-3,6-10,18,27H,4-5,11-15H2,(H,22,25)/t18-,21+/m1/s1. The van der Waals surface area contributed by atoms with Gasteiger partial charge in [-0.3, -0.25) is 14.5 Å². The van der Waals surface area contributed by atoms with E-state index in [4.69, 9.17) is 0 Å². The van der Waals surface area contributed by atoms with Gasteiger partial charge in [0.25, 0.3) is 5.91 Å². The average molecular weight is 367 g/mol. The summed E-state index contributed by atoms with van der Waals surface area (Å²) in [6.07, 6.45) is 2.70. The van der Waals surface area contributed by atoms with E-state index in [-0.39, 0.29) is 17.5 Å². The van der Waals surface area contributed by atoms with E-state index in [1.807, 2.05) is 30.3 Å². The molecule has 1 aromatic carbocycles. The number of aliphatic hydroxyl groups is 1. The average Bonchev–Trinajstić information content (AvgIpc) is 3.23. The fraction of sp³-hybridized carbons (Fsp3) is 0.429. The second-order valence-corrected chi connectivity index (χ2v) is 7.48. The topological polar surface area (TPSA) is 76.6 Å². The molecule has 2 aliphatic heterocycles. The van der Waals surface area contributed by atoms with E-state index in [0.29, 0.717) is 25.2 Å². The Kier molecular flexibility index (Phi) is 4.85. The lowest BCUT2D eigenvalue weighted by Crippen LogP contribution is -2.61. The smallest absolute Gasteiger partial charge is 0.270 e. The van der Waals surface area contributed by atoms with Crippen molar-refractivity contribution in [3.8, 4) is 0 Å². The number of hydrogen-bond acceptors (Lipinski definition) is 4. The second-order valence-electron chi connectivity index (χ2n) is 7.48. The number of likely N-dealkylation sites (tertiary alicyclic amines) is 2. The summed E-state index contributed by atoms with van der Waals surface area (Å²) in [5.74, 6) is -0.188. The van der Waals surface area contributed by atoms with E-state index in [0.717, 1.165) is 31.5 Å². The van der Waals surface area contributed by atoms with Crippen molar-refractivity contribution in [2.24, 2.45) is 0 Å². The Morgan fingerprint density at radius 3 is 2.48 bits per heavy atom. The van der Waals surface area contributed by atoms with E-state index >= 15 is 0 Å². The van der Waals surface area contributed by atoms with Crippen molar-refractivity contribution in [2.45, 2.75) is 30.9 Å². The van der Waals surface area contributed by atoms with Crippen LogP contribution in [0.1, 0.15) is 35.3 Å². The van der Waals surface area contributed by atoms with Crippen molar-refractivity contribution in [2.75, 3.05) is 26.2 Å². The number of pyridine rings is 1. The molecule has 2 aliphatic rings. The van der Waals surface area contributed by atoms with Crippen LogP contribution in [-0.4, -0.2) is 58.0 Å². The maximum Gasteiger partial charge on any atom is 0.270 e. The third kappa shape index (κ3) is 3.42. The number of nitrogens with one attached hydrogen (secondary N) is 1. The lowest BCUT2D eigenvalue weighted by atomic mass is 9.79. The van der Waals surface area contributed by atoms with Gasteiger partial charge in [0.05, 0.1) is 6.04 Å². The van der Waals surface area contributed by atoms with E-state index in [2.05, 4.69) is 9.88 Å². The molecule has 27 heavy (non-hydrogen) atoms. The third-order valence-electron chi connectivity index (χ3n) is 5.85. The Bertz CT molecular complexity index is 860. The van der Waals surface area contributed by atoms with Crippen molar-refractivity contribution in [1.82, 2.24) is 14.8 Å². The minimum atomic E-state index is -0.980. The van der Waals surface area contributed by atoms with Gasteiger partial charge in [-0.2, -0.15) is 0 Å². The molecule has 6 nitrogen and oxygen atoms in total. The molecule has 2 fully saturated rings. The number of piperidine rings is 1. The van der Waals surface area contributed by atoms with Crippen molar-refractivity contribution < 1.29 is 9.90 Å². The van der Waals surface area contributed by atoms with Gasteiger partial charge in [0.2, 0.25) is 5.56 Å². The van der Waals surface area contributed by atoms with Gasteiger partial charge in [0, 0.05) is 19.2 Å². The van der Waals surface area contributed by atoms with Gasteiger partial charge >= 0.3 is 0 Å². The highest BCUT2D eigenvalue weighted by Gasteiger charge is 2.47. The maximum absolute atomic E-state index is 12.9. The van der Waals surface area contributed by atoms with Crippen LogP contribution in [0.15, 0.2) is 53.3 Å². The van der Waals surface area contributed by atoms with Gasteiger partial charge in [-0.25, -0.2) is 0 Å². The number of rotatable bonds is 3. The number of hydrogen-bond donors (Lipinski definition) is 2. The number of aromatic amines is 1. The molecule has 142 valence electrons. The first kappa shape index (κ1) is 17.9. The first-order chi connectivity index (χ1) is 13.1. The zero-order valence-corrected chi connectivity index (χ0v) is 15.3. The van der Waals surface area contributed by atoms with Crippen LogP contribution in [0, 0.1) is 0 Å². The number of aromatic nitrogens is 1. The molecule has 0 unspecified atom stereocenters. The van der Waals surface area contributed by atoms with Crippen LogP contribution in [0.2, 0.25) is 0 Å². The molecule has 1 aromatic heterocycles. The quantitative estimate of drug-likeness (QED) is 0.863. The number of benzene rings is 1. The van der Waals surface area contributed by atoms with Crippen LogP contribution >= 0.6 is 0 Å². The Labute approximate surface area is 158 Å². The molecule has 2 aromatic rings. The van der Waals surface area contributed by atoms with Crippen molar-refractivity contribution >= 4 is 5.91 Å². The summed E-state index contributed by atoms with van der Waals surface area (Å²) in [4.78, 5) is 31.2. The van der Waals surface area contributed by atoms with Gasteiger partial charge in [-0.05, 0) is 44.0 Å². The molecule has 0 bridgehead atoms. The Hall–Kier alpha value is -2.44. The molecule has 4 rings (SSSR count). The third-order valence-corrected chi connectivity index (χ3v) is 5.85.